The van der Waals surface area contributed by atoms with Crippen molar-refractivity contribution < 1.29 is 9.47 Å². The average molecular weight is 224 g/mol. The standard InChI is InChI=1S/C12H20N2O2/c13-6-1-7-14(11-3-4-11)8-5-12-15-9-2-10-16-12/h11-12H,1-5,7-10H2. The van der Waals surface area contributed by atoms with E-state index < -0.39 is 0 Å². The predicted octanol–water partition coefficient (Wildman–Crippen LogP) is 1.52. The Morgan fingerprint density at radius 2 is 1.94 bits per heavy atom. The van der Waals surface area contributed by atoms with Gasteiger partial charge in [-0.25, -0.2) is 0 Å². The van der Waals surface area contributed by atoms with Crippen molar-refractivity contribution in [3.8, 4) is 6.07 Å². The lowest BCUT2D eigenvalue weighted by molar-refractivity contribution is -0.182. The van der Waals surface area contributed by atoms with Gasteiger partial charge in [-0.3, -0.25) is 4.90 Å². The molecule has 1 aliphatic carbocycles. The SMILES string of the molecule is N#CCCN(CCC1OCCCO1)C1CC1. The molecule has 0 aromatic heterocycles. The summed E-state index contributed by atoms with van der Waals surface area (Å²) < 4.78 is 11.0. The van der Waals surface area contributed by atoms with E-state index in [1.807, 2.05) is 0 Å². The van der Waals surface area contributed by atoms with Crippen LogP contribution >= 0.6 is 0 Å². The molecular weight excluding hydrogens is 204 g/mol. The zero-order valence-corrected chi connectivity index (χ0v) is 9.73. The summed E-state index contributed by atoms with van der Waals surface area (Å²) in [6, 6.07) is 2.93. The molecule has 0 N–H and O–H groups in total. The van der Waals surface area contributed by atoms with Crippen molar-refractivity contribution in [1.29, 1.82) is 5.26 Å². The summed E-state index contributed by atoms with van der Waals surface area (Å²) in [5.74, 6) is 0. The van der Waals surface area contributed by atoms with Crippen LogP contribution in [-0.2, 0) is 9.47 Å². The summed E-state index contributed by atoms with van der Waals surface area (Å²) >= 11 is 0. The molecule has 0 aromatic carbocycles. The van der Waals surface area contributed by atoms with Crippen LogP contribution in [0.25, 0.3) is 0 Å². The molecule has 0 spiro atoms. The first-order valence-electron chi connectivity index (χ1n) is 6.24. The molecule has 2 fully saturated rings. The van der Waals surface area contributed by atoms with Crippen LogP contribution in [0.3, 0.4) is 0 Å². The van der Waals surface area contributed by atoms with E-state index in [0.717, 1.165) is 45.2 Å². The van der Waals surface area contributed by atoms with Crippen LogP contribution in [0.15, 0.2) is 0 Å². The number of nitrogens with zero attached hydrogens (tertiary/aromatic N) is 2. The van der Waals surface area contributed by atoms with Gasteiger partial charge >= 0.3 is 0 Å². The summed E-state index contributed by atoms with van der Waals surface area (Å²) in [5, 5.41) is 8.61. The Hall–Kier alpha value is -0.630. The second-order valence-electron chi connectivity index (χ2n) is 4.49. The fourth-order valence-corrected chi connectivity index (χ4v) is 2.08. The van der Waals surface area contributed by atoms with Crippen molar-refractivity contribution in [1.82, 2.24) is 4.90 Å². The lowest BCUT2D eigenvalue weighted by Crippen LogP contribution is -2.33. The Bertz CT molecular complexity index is 242. The highest BCUT2D eigenvalue weighted by Crippen LogP contribution is 2.27. The second kappa shape index (κ2) is 6.19. The van der Waals surface area contributed by atoms with Gasteiger partial charge in [0.1, 0.15) is 0 Å². The first kappa shape index (κ1) is 11.8. The predicted molar refractivity (Wildman–Crippen MR) is 59.8 cm³/mol. The number of ether oxygens (including phenoxy) is 2. The van der Waals surface area contributed by atoms with E-state index in [4.69, 9.17) is 14.7 Å². The van der Waals surface area contributed by atoms with Crippen LogP contribution in [0.5, 0.6) is 0 Å². The average Bonchev–Trinajstić information content (AvgIpc) is 3.15. The monoisotopic (exact) mass is 224 g/mol. The molecule has 0 atom stereocenters. The van der Waals surface area contributed by atoms with Crippen molar-refractivity contribution in [2.45, 2.75) is 44.4 Å². The molecule has 4 heteroatoms. The Balaban J connectivity index is 1.66. The lowest BCUT2D eigenvalue weighted by Gasteiger charge is -2.27. The molecule has 0 unspecified atom stereocenters. The number of rotatable bonds is 6. The zero-order chi connectivity index (χ0) is 11.2. The molecule has 0 aromatic rings. The molecule has 1 aliphatic heterocycles. The van der Waals surface area contributed by atoms with Gasteiger partial charge in [-0.1, -0.05) is 0 Å². The maximum Gasteiger partial charge on any atom is 0.158 e. The van der Waals surface area contributed by atoms with Crippen LogP contribution in [0, 0.1) is 11.3 Å². The maximum atomic E-state index is 8.61. The van der Waals surface area contributed by atoms with Gasteiger partial charge in [-0.05, 0) is 19.3 Å². The zero-order valence-electron chi connectivity index (χ0n) is 9.73. The Morgan fingerprint density at radius 3 is 2.56 bits per heavy atom. The third-order valence-electron chi connectivity index (χ3n) is 3.12. The van der Waals surface area contributed by atoms with Gasteiger partial charge in [0.15, 0.2) is 6.29 Å². The fourth-order valence-electron chi connectivity index (χ4n) is 2.08. The van der Waals surface area contributed by atoms with Gasteiger partial charge in [-0.2, -0.15) is 5.26 Å². The van der Waals surface area contributed by atoms with E-state index in [2.05, 4.69) is 11.0 Å². The van der Waals surface area contributed by atoms with Gasteiger partial charge in [0, 0.05) is 32.0 Å². The van der Waals surface area contributed by atoms with Crippen molar-refractivity contribution in [2.75, 3.05) is 26.3 Å². The first-order chi connectivity index (χ1) is 7.90. The molecule has 1 heterocycles. The van der Waals surface area contributed by atoms with Crippen LogP contribution in [0.2, 0.25) is 0 Å². The van der Waals surface area contributed by atoms with Crippen molar-refractivity contribution in [3.05, 3.63) is 0 Å². The smallest absolute Gasteiger partial charge is 0.158 e. The Labute approximate surface area is 97.1 Å². The highest BCUT2D eigenvalue weighted by Gasteiger charge is 2.29. The minimum atomic E-state index is -0.0166. The fraction of sp³-hybridized carbons (Fsp3) is 0.917. The molecule has 1 saturated heterocycles. The third kappa shape index (κ3) is 3.75. The molecule has 1 saturated carbocycles. The largest absolute Gasteiger partial charge is 0.353 e. The quantitative estimate of drug-likeness (QED) is 0.686. The van der Waals surface area contributed by atoms with Crippen LogP contribution in [0.4, 0.5) is 0 Å². The second-order valence-corrected chi connectivity index (χ2v) is 4.49. The Morgan fingerprint density at radius 1 is 1.19 bits per heavy atom. The third-order valence-corrected chi connectivity index (χ3v) is 3.12. The van der Waals surface area contributed by atoms with Crippen molar-refractivity contribution in [2.24, 2.45) is 0 Å². The lowest BCUT2D eigenvalue weighted by atomic mass is 10.3. The minimum Gasteiger partial charge on any atom is -0.353 e. The summed E-state index contributed by atoms with van der Waals surface area (Å²) in [6.07, 6.45) is 5.13. The van der Waals surface area contributed by atoms with E-state index in [9.17, 15) is 0 Å². The van der Waals surface area contributed by atoms with Crippen molar-refractivity contribution in [3.63, 3.8) is 0 Å². The maximum absolute atomic E-state index is 8.61. The van der Waals surface area contributed by atoms with Gasteiger partial charge in [0.05, 0.1) is 19.3 Å². The highest BCUT2D eigenvalue weighted by molar-refractivity contribution is 4.86. The molecule has 2 rings (SSSR count). The van der Waals surface area contributed by atoms with Crippen LogP contribution in [0.1, 0.15) is 32.1 Å². The van der Waals surface area contributed by atoms with E-state index in [0.29, 0.717) is 6.42 Å². The Kier molecular flexibility index (Phi) is 4.58. The van der Waals surface area contributed by atoms with E-state index in [1.165, 1.54) is 12.8 Å². The van der Waals surface area contributed by atoms with Gasteiger partial charge in [0.25, 0.3) is 0 Å². The topological polar surface area (TPSA) is 45.5 Å². The molecule has 2 aliphatic rings. The molecule has 0 radical (unpaired) electrons. The minimum absolute atomic E-state index is 0.0166. The molecule has 0 amide bonds. The molecule has 16 heavy (non-hydrogen) atoms. The van der Waals surface area contributed by atoms with E-state index >= 15 is 0 Å². The van der Waals surface area contributed by atoms with E-state index in [1.54, 1.807) is 0 Å². The number of hydrogen-bond acceptors (Lipinski definition) is 4. The van der Waals surface area contributed by atoms with Crippen LogP contribution < -0.4 is 0 Å². The van der Waals surface area contributed by atoms with Crippen LogP contribution in [-0.4, -0.2) is 43.5 Å². The van der Waals surface area contributed by atoms with Gasteiger partial charge in [-0.15, -0.1) is 0 Å². The van der Waals surface area contributed by atoms with E-state index in [-0.39, 0.29) is 6.29 Å². The molecule has 0 bridgehead atoms. The molecular formula is C12H20N2O2. The molecule has 4 nitrogen and oxygen atoms in total. The summed E-state index contributed by atoms with van der Waals surface area (Å²) in [7, 11) is 0. The summed E-state index contributed by atoms with van der Waals surface area (Å²) in [5.41, 5.74) is 0. The molecule has 90 valence electrons. The van der Waals surface area contributed by atoms with Gasteiger partial charge < -0.3 is 9.47 Å². The summed E-state index contributed by atoms with van der Waals surface area (Å²) in [4.78, 5) is 2.41. The van der Waals surface area contributed by atoms with Gasteiger partial charge in [0.2, 0.25) is 0 Å². The first-order valence-corrected chi connectivity index (χ1v) is 6.24. The summed E-state index contributed by atoms with van der Waals surface area (Å²) in [6.45, 7) is 3.55. The number of nitriles is 1. The van der Waals surface area contributed by atoms with Crippen molar-refractivity contribution >= 4 is 0 Å². The highest BCUT2D eigenvalue weighted by atomic mass is 16.7. The number of hydrogen-bond donors (Lipinski definition) is 0. The normalized spacial score (nSPS) is 22.2.